The maximum atomic E-state index is 13.0. The molecule has 1 atom stereocenters. The molecule has 1 aromatic heterocycles. The smallest absolute Gasteiger partial charge is 0.263 e. The third-order valence-corrected chi connectivity index (χ3v) is 9.47. The van der Waals surface area contributed by atoms with Crippen LogP contribution in [0.4, 0.5) is 5.69 Å². The Kier molecular flexibility index (Phi) is 7.22. The van der Waals surface area contributed by atoms with E-state index in [1.807, 2.05) is 19.1 Å². The quantitative estimate of drug-likeness (QED) is 0.684. The van der Waals surface area contributed by atoms with Gasteiger partial charge in [0.25, 0.3) is 5.91 Å². The van der Waals surface area contributed by atoms with Crippen LogP contribution < -0.4 is 10.2 Å². The van der Waals surface area contributed by atoms with Crippen LogP contribution in [0.5, 0.6) is 0 Å². The molecular weight excluding hydrogens is 454 g/mol. The van der Waals surface area contributed by atoms with Crippen molar-refractivity contribution in [2.75, 3.05) is 55.8 Å². The molecule has 0 spiro atoms. The number of carbonyl (C=O) groups excluding carboxylic acids is 1. The molecule has 7 nitrogen and oxygen atoms in total. The number of sulfonamides is 1. The summed E-state index contributed by atoms with van der Waals surface area (Å²) >= 11 is 2.91. The van der Waals surface area contributed by atoms with Gasteiger partial charge in [0.2, 0.25) is 10.0 Å². The van der Waals surface area contributed by atoms with E-state index in [4.69, 9.17) is 4.74 Å². The summed E-state index contributed by atoms with van der Waals surface area (Å²) in [4.78, 5) is 15.6. The number of thiophene rings is 1. The monoisotopic (exact) mass is 481 g/mol. The third-order valence-electron chi connectivity index (χ3n) is 5.54. The van der Waals surface area contributed by atoms with Crippen LogP contribution in [0.3, 0.4) is 0 Å². The second-order valence-corrected chi connectivity index (χ2v) is 11.6. The van der Waals surface area contributed by atoms with E-state index < -0.39 is 10.0 Å². The number of anilines is 1. The van der Waals surface area contributed by atoms with Crippen molar-refractivity contribution in [2.24, 2.45) is 0 Å². The molecule has 168 valence electrons. The number of nitrogens with zero attached hydrogens (tertiary/aromatic N) is 2. The van der Waals surface area contributed by atoms with Crippen LogP contribution in [0.25, 0.3) is 0 Å². The van der Waals surface area contributed by atoms with Gasteiger partial charge in [0.15, 0.2) is 0 Å². The highest BCUT2D eigenvalue weighted by molar-refractivity contribution is 7.99. The number of carbonyl (C=O) groups is 1. The second-order valence-electron chi connectivity index (χ2n) is 7.52. The number of amides is 1. The average molecular weight is 482 g/mol. The molecule has 10 heteroatoms. The molecule has 1 unspecified atom stereocenters. The largest absolute Gasteiger partial charge is 0.378 e. The van der Waals surface area contributed by atoms with E-state index in [1.165, 1.54) is 15.6 Å². The summed E-state index contributed by atoms with van der Waals surface area (Å²) in [5.74, 6) is 1.20. The predicted molar refractivity (Wildman–Crippen MR) is 126 cm³/mol. The van der Waals surface area contributed by atoms with Gasteiger partial charge in [-0.15, -0.1) is 11.3 Å². The van der Waals surface area contributed by atoms with Crippen molar-refractivity contribution < 1.29 is 17.9 Å². The van der Waals surface area contributed by atoms with Crippen LogP contribution in [-0.4, -0.2) is 69.5 Å². The molecule has 1 aromatic carbocycles. The van der Waals surface area contributed by atoms with Crippen LogP contribution in [0.1, 0.15) is 28.2 Å². The summed E-state index contributed by atoms with van der Waals surface area (Å²) in [7, 11) is -3.66. The summed E-state index contributed by atoms with van der Waals surface area (Å²) in [5.41, 5.74) is 2.11. The van der Waals surface area contributed by atoms with Crippen LogP contribution in [-0.2, 0) is 14.8 Å². The minimum Gasteiger partial charge on any atom is -0.378 e. The highest BCUT2D eigenvalue weighted by Crippen LogP contribution is 2.28. The number of ether oxygens (including phenoxy) is 1. The van der Waals surface area contributed by atoms with Crippen LogP contribution in [0.15, 0.2) is 40.6 Å². The number of morpholine rings is 1. The maximum Gasteiger partial charge on any atom is 0.263 e. The third kappa shape index (κ3) is 5.09. The molecule has 2 fully saturated rings. The number of hydrogen-bond acceptors (Lipinski definition) is 7. The SMILES string of the molecule is CC(NC(=O)c1sccc1S(=O)(=O)N1CCSCC1)c1ccc(N2CCOCC2)cc1. The maximum absolute atomic E-state index is 13.0. The van der Waals surface area contributed by atoms with Gasteiger partial charge in [0.05, 0.1) is 19.3 Å². The molecule has 1 amide bonds. The first kappa shape index (κ1) is 22.6. The predicted octanol–water partition coefficient (Wildman–Crippen LogP) is 2.81. The molecule has 2 aromatic rings. The first-order valence-electron chi connectivity index (χ1n) is 10.4. The van der Waals surface area contributed by atoms with Gasteiger partial charge in [-0.1, -0.05) is 12.1 Å². The van der Waals surface area contributed by atoms with Gasteiger partial charge in [-0.2, -0.15) is 16.1 Å². The van der Waals surface area contributed by atoms with E-state index in [2.05, 4.69) is 22.3 Å². The van der Waals surface area contributed by atoms with E-state index in [-0.39, 0.29) is 21.7 Å². The van der Waals surface area contributed by atoms with Crippen LogP contribution >= 0.6 is 23.1 Å². The van der Waals surface area contributed by atoms with Gasteiger partial charge < -0.3 is 15.0 Å². The van der Waals surface area contributed by atoms with Crippen molar-refractivity contribution in [3.8, 4) is 0 Å². The summed E-state index contributed by atoms with van der Waals surface area (Å²) in [6.07, 6.45) is 0. The Morgan fingerprint density at radius 3 is 2.42 bits per heavy atom. The van der Waals surface area contributed by atoms with Crippen molar-refractivity contribution in [2.45, 2.75) is 17.9 Å². The minimum absolute atomic E-state index is 0.108. The first-order valence-corrected chi connectivity index (χ1v) is 13.8. The molecule has 31 heavy (non-hydrogen) atoms. The van der Waals surface area contributed by atoms with E-state index in [1.54, 1.807) is 23.2 Å². The summed E-state index contributed by atoms with van der Waals surface area (Å²) in [6, 6.07) is 9.42. The standard InChI is InChI=1S/C21H27N3O4S3/c1-16(17-2-4-18(5-3-17)23-7-11-28-12-8-23)22-21(25)20-19(6-13-30-20)31(26,27)24-9-14-29-15-10-24/h2-6,13,16H,7-12,14-15H2,1H3,(H,22,25). The van der Waals surface area contributed by atoms with Gasteiger partial charge in [0, 0.05) is 43.4 Å². The van der Waals surface area contributed by atoms with Crippen molar-refractivity contribution >= 4 is 44.7 Å². The number of nitrogens with one attached hydrogen (secondary N) is 1. The zero-order chi connectivity index (χ0) is 21.8. The topological polar surface area (TPSA) is 79.0 Å². The molecule has 3 heterocycles. The molecule has 1 N–H and O–H groups in total. The minimum atomic E-state index is -3.66. The zero-order valence-corrected chi connectivity index (χ0v) is 19.9. The highest BCUT2D eigenvalue weighted by Gasteiger charge is 2.31. The Morgan fingerprint density at radius 1 is 1.06 bits per heavy atom. The highest BCUT2D eigenvalue weighted by atomic mass is 32.2. The molecule has 0 radical (unpaired) electrons. The zero-order valence-electron chi connectivity index (χ0n) is 17.5. The fourth-order valence-electron chi connectivity index (χ4n) is 3.73. The second kappa shape index (κ2) is 9.91. The van der Waals surface area contributed by atoms with E-state index >= 15 is 0 Å². The van der Waals surface area contributed by atoms with Gasteiger partial charge in [-0.3, -0.25) is 4.79 Å². The van der Waals surface area contributed by atoms with E-state index in [0.29, 0.717) is 13.1 Å². The van der Waals surface area contributed by atoms with E-state index in [0.717, 1.165) is 49.1 Å². The molecule has 2 aliphatic heterocycles. The van der Waals surface area contributed by atoms with Gasteiger partial charge in [-0.25, -0.2) is 8.42 Å². The Labute approximate surface area is 191 Å². The Balaban J connectivity index is 1.44. The van der Waals surface area contributed by atoms with Gasteiger partial charge in [-0.05, 0) is 36.1 Å². The molecule has 2 aliphatic rings. The lowest BCUT2D eigenvalue weighted by molar-refractivity contribution is 0.0941. The molecule has 0 aliphatic carbocycles. The van der Waals surface area contributed by atoms with Gasteiger partial charge >= 0.3 is 0 Å². The van der Waals surface area contributed by atoms with Crippen molar-refractivity contribution in [1.29, 1.82) is 0 Å². The van der Waals surface area contributed by atoms with Crippen molar-refractivity contribution in [3.05, 3.63) is 46.2 Å². The Hall–Kier alpha value is -1.59. The average Bonchev–Trinajstić information content (AvgIpc) is 3.31. The fraction of sp³-hybridized carbons (Fsp3) is 0.476. The Bertz CT molecular complexity index is 995. The number of thioether (sulfide) groups is 1. The van der Waals surface area contributed by atoms with E-state index in [9.17, 15) is 13.2 Å². The van der Waals surface area contributed by atoms with Crippen LogP contribution in [0.2, 0.25) is 0 Å². The first-order chi connectivity index (χ1) is 15.0. The summed E-state index contributed by atoms with van der Waals surface area (Å²) < 4.78 is 33.0. The summed E-state index contributed by atoms with van der Waals surface area (Å²) in [6.45, 7) is 6.08. The fourth-order valence-corrected chi connectivity index (χ4v) is 7.61. The normalized spacial score (nSPS) is 19.2. The van der Waals surface area contributed by atoms with Crippen molar-refractivity contribution in [3.63, 3.8) is 0 Å². The van der Waals surface area contributed by atoms with Gasteiger partial charge in [0.1, 0.15) is 9.77 Å². The lowest BCUT2D eigenvalue weighted by Gasteiger charge is -2.29. The van der Waals surface area contributed by atoms with Crippen LogP contribution in [0, 0.1) is 0 Å². The lowest BCUT2D eigenvalue weighted by atomic mass is 10.1. The number of benzene rings is 1. The molecular formula is C21H27N3O4S3. The molecule has 0 bridgehead atoms. The molecule has 0 saturated carbocycles. The molecule has 2 saturated heterocycles. The molecule has 4 rings (SSSR count). The Morgan fingerprint density at radius 2 is 1.74 bits per heavy atom. The van der Waals surface area contributed by atoms with Crippen molar-refractivity contribution in [1.82, 2.24) is 9.62 Å². The number of rotatable bonds is 6. The lowest BCUT2D eigenvalue weighted by Crippen LogP contribution is -2.38. The summed E-state index contributed by atoms with van der Waals surface area (Å²) in [5, 5.41) is 4.63. The number of hydrogen-bond donors (Lipinski definition) is 1.